The molecule has 0 aromatic carbocycles. The summed E-state index contributed by atoms with van der Waals surface area (Å²) < 4.78 is 5.43. The molecule has 2 fully saturated rings. The highest BCUT2D eigenvalue weighted by molar-refractivity contribution is 5.69. The number of nitriles is 1. The van der Waals surface area contributed by atoms with Crippen LogP contribution in [0.2, 0.25) is 0 Å². The zero-order valence-electron chi connectivity index (χ0n) is 10.8. The van der Waals surface area contributed by atoms with Crippen LogP contribution in [0.1, 0.15) is 46.5 Å². The van der Waals surface area contributed by atoms with Crippen molar-refractivity contribution < 1.29 is 9.53 Å². The molecule has 0 saturated carbocycles. The quantitative estimate of drug-likeness (QED) is 0.649. The van der Waals surface area contributed by atoms with E-state index in [1.54, 1.807) is 0 Å². The predicted molar refractivity (Wildman–Crippen MR) is 63.2 cm³/mol. The summed E-state index contributed by atoms with van der Waals surface area (Å²) >= 11 is 0. The topological polar surface area (TPSA) is 53.3 Å². The molecule has 0 aromatic heterocycles. The van der Waals surface area contributed by atoms with Crippen LogP contribution in [-0.4, -0.2) is 28.7 Å². The molecule has 4 heteroatoms. The Morgan fingerprint density at radius 2 is 1.82 bits per heavy atom. The Labute approximate surface area is 103 Å². The van der Waals surface area contributed by atoms with E-state index >= 15 is 0 Å². The Morgan fingerprint density at radius 1 is 1.29 bits per heavy atom. The van der Waals surface area contributed by atoms with Crippen molar-refractivity contribution in [3.63, 3.8) is 0 Å². The van der Waals surface area contributed by atoms with Crippen LogP contribution in [0.5, 0.6) is 0 Å². The lowest BCUT2D eigenvalue weighted by Gasteiger charge is -2.37. The van der Waals surface area contributed by atoms with Gasteiger partial charge in [0.15, 0.2) is 0 Å². The maximum Gasteiger partial charge on any atom is 0.410 e. The molecule has 0 spiro atoms. The minimum Gasteiger partial charge on any atom is -0.444 e. The van der Waals surface area contributed by atoms with Gasteiger partial charge in [-0.15, -0.1) is 0 Å². The summed E-state index contributed by atoms with van der Waals surface area (Å²) in [6.07, 6.45) is 3.45. The first kappa shape index (κ1) is 12.2. The van der Waals surface area contributed by atoms with Crippen molar-refractivity contribution in [2.24, 2.45) is 5.92 Å². The Balaban J connectivity index is 2.04. The molecule has 3 atom stereocenters. The van der Waals surface area contributed by atoms with Crippen LogP contribution in [-0.2, 0) is 4.74 Å². The minimum atomic E-state index is -0.442. The second-order valence-electron chi connectivity index (χ2n) is 6.07. The number of carbonyl (C=O) groups is 1. The second-order valence-corrected chi connectivity index (χ2v) is 6.07. The van der Waals surface area contributed by atoms with Crippen LogP contribution in [0.3, 0.4) is 0 Å². The van der Waals surface area contributed by atoms with Gasteiger partial charge in [-0.3, -0.25) is 0 Å². The fourth-order valence-electron chi connectivity index (χ4n) is 2.90. The molecule has 2 heterocycles. The van der Waals surface area contributed by atoms with Gasteiger partial charge in [-0.25, -0.2) is 4.79 Å². The first-order valence-electron chi connectivity index (χ1n) is 6.31. The van der Waals surface area contributed by atoms with Crippen molar-refractivity contribution in [1.29, 1.82) is 5.26 Å². The van der Waals surface area contributed by atoms with Gasteiger partial charge in [-0.1, -0.05) is 0 Å². The average molecular weight is 236 g/mol. The van der Waals surface area contributed by atoms with Gasteiger partial charge >= 0.3 is 6.09 Å². The van der Waals surface area contributed by atoms with E-state index in [0.29, 0.717) is 0 Å². The highest BCUT2D eigenvalue weighted by atomic mass is 16.6. The smallest absolute Gasteiger partial charge is 0.410 e. The van der Waals surface area contributed by atoms with Crippen molar-refractivity contribution in [1.82, 2.24) is 4.90 Å². The third-order valence-corrected chi connectivity index (χ3v) is 3.52. The molecule has 2 aliphatic heterocycles. The van der Waals surface area contributed by atoms with E-state index < -0.39 is 5.60 Å². The largest absolute Gasteiger partial charge is 0.444 e. The van der Waals surface area contributed by atoms with Crippen molar-refractivity contribution in [3.05, 3.63) is 0 Å². The molecule has 94 valence electrons. The summed E-state index contributed by atoms with van der Waals surface area (Å²) in [6.45, 7) is 5.65. The predicted octanol–water partition coefficient (Wildman–Crippen LogP) is 2.69. The lowest BCUT2D eigenvalue weighted by Crippen LogP contribution is -2.48. The van der Waals surface area contributed by atoms with Gasteiger partial charge in [0.25, 0.3) is 0 Å². The van der Waals surface area contributed by atoms with Gasteiger partial charge in [-0.05, 0) is 46.5 Å². The van der Waals surface area contributed by atoms with Crippen LogP contribution in [0.15, 0.2) is 0 Å². The molecule has 17 heavy (non-hydrogen) atoms. The summed E-state index contributed by atoms with van der Waals surface area (Å²) in [7, 11) is 0. The van der Waals surface area contributed by atoms with Gasteiger partial charge in [0, 0.05) is 12.1 Å². The zero-order valence-corrected chi connectivity index (χ0v) is 10.8. The van der Waals surface area contributed by atoms with Crippen LogP contribution in [0.25, 0.3) is 0 Å². The van der Waals surface area contributed by atoms with E-state index in [1.807, 2.05) is 25.7 Å². The van der Waals surface area contributed by atoms with Crippen LogP contribution in [0.4, 0.5) is 4.79 Å². The Hall–Kier alpha value is -1.24. The SMILES string of the molecule is CC(C)(C)OC(=O)N1[C@@H]2CC[C@H]1C[C@H](C#N)C2. The molecule has 2 rings (SSSR count). The number of fused-ring (bicyclic) bond motifs is 2. The van der Waals surface area contributed by atoms with Crippen molar-refractivity contribution in [2.45, 2.75) is 64.1 Å². The van der Waals surface area contributed by atoms with Gasteiger partial charge < -0.3 is 9.64 Å². The van der Waals surface area contributed by atoms with E-state index in [-0.39, 0.29) is 24.1 Å². The summed E-state index contributed by atoms with van der Waals surface area (Å²) in [5.74, 6) is 0.117. The van der Waals surface area contributed by atoms with Crippen molar-refractivity contribution in [3.8, 4) is 6.07 Å². The summed E-state index contributed by atoms with van der Waals surface area (Å²) in [6, 6.07) is 2.77. The molecule has 2 aliphatic rings. The number of rotatable bonds is 0. The third kappa shape index (κ3) is 2.54. The summed E-state index contributed by atoms with van der Waals surface area (Å²) in [5, 5.41) is 8.98. The Bertz CT molecular complexity index is 339. The number of hydrogen-bond donors (Lipinski definition) is 0. The lowest BCUT2D eigenvalue weighted by atomic mass is 9.92. The van der Waals surface area contributed by atoms with E-state index in [2.05, 4.69) is 6.07 Å². The standard InChI is InChI=1S/C13H20N2O2/c1-13(2,3)17-12(16)15-10-4-5-11(15)7-9(6-10)8-14/h9-11H,4-7H2,1-3H3/t9-,10-,11+. The Morgan fingerprint density at radius 3 is 2.24 bits per heavy atom. The molecule has 2 bridgehead atoms. The highest BCUT2D eigenvalue weighted by Crippen LogP contribution is 2.39. The molecular weight excluding hydrogens is 216 g/mol. The zero-order chi connectivity index (χ0) is 12.6. The van der Waals surface area contributed by atoms with Gasteiger partial charge in [0.1, 0.15) is 5.60 Å². The number of ether oxygens (including phenoxy) is 1. The fraction of sp³-hybridized carbons (Fsp3) is 0.846. The maximum atomic E-state index is 12.1. The molecule has 0 aromatic rings. The monoisotopic (exact) mass is 236 g/mol. The van der Waals surface area contributed by atoms with Crippen LogP contribution < -0.4 is 0 Å². The van der Waals surface area contributed by atoms with Gasteiger partial charge in [-0.2, -0.15) is 5.26 Å². The molecule has 0 radical (unpaired) electrons. The third-order valence-electron chi connectivity index (χ3n) is 3.52. The second kappa shape index (κ2) is 4.21. The number of carbonyl (C=O) groups excluding carboxylic acids is 1. The number of nitrogens with zero attached hydrogens (tertiary/aromatic N) is 2. The van der Waals surface area contributed by atoms with E-state index in [0.717, 1.165) is 25.7 Å². The first-order valence-corrected chi connectivity index (χ1v) is 6.31. The molecule has 0 unspecified atom stereocenters. The van der Waals surface area contributed by atoms with E-state index in [1.165, 1.54) is 0 Å². The highest BCUT2D eigenvalue weighted by Gasteiger charge is 2.44. The molecular formula is C13H20N2O2. The molecule has 2 saturated heterocycles. The van der Waals surface area contributed by atoms with E-state index in [9.17, 15) is 4.79 Å². The molecule has 0 N–H and O–H groups in total. The van der Waals surface area contributed by atoms with Crippen LogP contribution in [0, 0.1) is 17.2 Å². The number of piperidine rings is 1. The number of amides is 1. The first-order chi connectivity index (χ1) is 7.90. The molecule has 1 amide bonds. The number of hydrogen-bond acceptors (Lipinski definition) is 3. The van der Waals surface area contributed by atoms with Crippen molar-refractivity contribution in [2.75, 3.05) is 0 Å². The Kier molecular flexibility index (Phi) is 3.03. The van der Waals surface area contributed by atoms with Gasteiger partial charge in [0.05, 0.1) is 12.0 Å². The average Bonchev–Trinajstić information content (AvgIpc) is 2.47. The minimum absolute atomic E-state index is 0.117. The summed E-state index contributed by atoms with van der Waals surface area (Å²) in [4.78, 5) is 14.0. The fourth-order valence-corrected chi connectivity index (χ4v) is 2.90. The normalized spacial score (nSPS) is 32.1. The summed E-state index contributed by atoms with van der Waals surface area (Å²) in [5.41, 5.74) is -0.442. The van der Waals surface area contributed by atoms with Crippen LogP contribution >= 0.6 is 0 Å². The van der Waals surface area contributed by atoms with Crippen molar-refractivity contribution >= 4 is 6.09 Å². The molecule has 0 aliphatic carbocycles. The maximum absolute atomic E-state index is 12.1. The van der Waals surface area contributed by atoms with E-state index in [4.69, 9.17) is 10.00 Å². The van der Waals surface area contributed by atoms with Gasteiger partial charge in [0.2, 0.25) is 0 Å². The molecule has 4 nitrogen and oxygen atoms in total. The lowest BCUT2D eigenvalue weighted by molar-refractivity contribution is 0.00482.